The molecule has 0 spiro atoms. The maximum atomic E-state index is 12.3. The van der Waals surface area contributed by atoms with Crippen LogP contribution in [0.25, 0.3) is 0 Å². The van der Waals surface area contributed by atoms with E-state index in [4.69, 9.17) is 5.26 Å². The smallest absolute Gasteiger partial charge is 0.277 e. The van der Waals surface area contributed by atoms with Crippen molar-refractivity contribution < 1.29 is 0 Å². The fourth-order valence-electron chi connectivity index (χ4n) is 2.57. The van der Waals surface area contributed by atoms with Crippen LogP contribution in [0.2, 0.25) is 0 Å². The molecule has 0 aromatic carbocycles. The number of rotatable bonds is 3. The summed E-state index contributed by atoms with van der Waals surface area (Å²) in [5.74, 6) is 0.636. The minimum atomic E-state index is -0.122. The van der Waals surface area contributed by atoms with E-state index in [0.29, 0.717) is 11.6 Å². The van der Waals surface area contributed by atoms with Crippen LogP contribution in [-0.4, -0.2) is 9.73 Å². The highest BCUT2D eigenvalue weighted by Gasteiger charge is 2.33. The fraction of sp³-hybridized carbons (Fsp3) is 0.500. The quantitative estimate of drug-likeness (QED) is 0.627. The molecule has 3 rings (SSSR count). The van der Waals surface area contributed by atoms with Gasteiger partial charge in [-0.2, -0.15) is 10.3 Å². The molecule has 2 aliphatic carbocycles. The molecule has 0 bridgehead atoms. The van der Waals surface area contributed by atoms with Crippen molar-refractivity contribution in [3.05, 3.63) is 28.2 Å². The van der Waals surface area contributed by atoms with Crippen LogP contribution in [0.1, 0.15) is 43.2 Å². The number of nitriles is 1. The van der Waals surface area contributed by atoms with Crippen molar-refractivity contribution in [2.75, 3.05) is 0 Å². The molecule has 0 radical (unpaired) electrons. The summed E-state index contributed by atoms with van der Waals surface area (Å²) in [5.41, 5.74) is 1.41. The van der Waals surface area contributed by atoms with Crippen LogP contribution in [0.3, 0.4) is 0 Å². The Morgan fingerprint density at radius 1 is 1.42 bits per heavy atom. The van der Waals surface area contributed by atoms with Gasteiger partial charge in [0.05, 0.1) is 17.1 Å². The highest BCUT2D eigenvalue weighted by Crippen LogP contribution is 2.42. The van der Waals surface area contributed by atoms with E-state index in [0.717, 1.165) is 18.4 Å². The Hall–Kier alpha value is -1.76. The summed E-state index contributed by atoms with van der Waals surface area (Å²) in [7, 11) is 0. The summed E-state index contributed by atoms with van der Waals surface area (Å²) in [6, 6.07) is 4.21. The van der Waals surface area contributed by atoms with Crippen molar-refractivity contribution >= 4 is 23.1 Å². The Kier molecular flexibility index (Phi) is 3.06. The molecule has 5 heteroatoms. The Morgan fingerprint density at radius 3 is 2.74 bits per heavy atom. The van der Waals surface area contributed by atoms with Crippen molar-refractivity contribution in [2.45, 2.75) is 37.6 Å². The van der Waals surface area contributed by atoms with Crippen LogP contribution >= 0.6 is 12.2 Å². The Morgan fingerprint density at radius 2 is 2.16 bits per heavy atom. The van der Waals surface area contributed by atoms with Gasteiger partial charge in [-0.15, -0.1) is 0 Å². The average Bonchev–Trinajstić information content (AvgIpc) is 3.16. The van der Waals surface area contributed by atoms with Crippen molar-refractivity contribution in [1.82, 2.24) is 4.57 Å². The first kappa shape index (κ1) is 12.3. The first-order valence-electron chi connectivity index (χ1n) is 6.46. The summed E-state index contributed by atoms with van der Waals surface area (Å²) in [6.07, 6.45) is 5.80. The van der Waals surface area contributed by atoms with E-state index < -0.39 is 0 Å². The van der Waals surface area contributed by atoms with Gasteiger partial charge in [0, 0.05) is 12.2 Å². The lowest BCUT2D eigenvalue weighted by Gasteiger charge is -2.32. The maximum Gasteiger partial charge on any atom is 0.277 e. The molecule has 2 saturated carbocycles. The molecule has 2 fully saturated rings. The van der Waals surface area contributed by atoms with E-state index in [9.17, 15) is 4.79 Å². The third-order valence-electron chi connectivity index (χ3n) is 3.95. The van der Waals surface area contributed by atoms with Crippen molar-refractivity contribution in [2.24, 2.45) is 10.9 Å². The molecule has 19 heavy (non-hydrogen) atoms. The van der Waals surface area contributed by atoms with Crippen molar-refractivity contribution in [1.29, 1.82) is 5.26 Å². The van der Waals surface area contributed by atoms with Gasteiger partial charge in [0.25, 0.3) is 5.56 Å². The van der Waals surface area contributed by atoms with Gasteiger partial charge in [-0.3, -0.25) is 4.79 Å². The first-order chi connectivity index (χ1) is 9.22. The summed E-state index contributed by atoms with van der Waals surface area (Å²) in [5, 5.41) is 11.1. The molecule has 1 heterocycles. The predicted octanol–water partition coefficient (Wildman–Crippen LogP) is 2.93. The highest BCUT2D eigenvalue weighted by atomic mass is 32.1. The van der Waals surface area contributed by atoms with Crippen LogP contribution in [-0.2, 0) is 0 Å². The topological polar surface area (TPSA) is 58.1 Å². The average molecular weight is 271 g/mol. The van der Waals surface area contributed by atoms with Gasteiger partial charge in [0.1, 0.15) is 5.69 Å². The standard InChI is InChI=1S/C14H13N3OS/c15-6-9-3-12(4-9)17-7-11(10-1-2-10)5-13(14(17)18)16-8-19/h5,7,9-10,12H,1-4H2/t9-,12+. The molecule has 0 N–H and O–H groups in total. The van der Waals surface area contributed by atoms with Crippen LogP contribution < -0.4 is 5.56 Å². The molecular weight excluding hydrogens is 258 g/mol. The highest BCUT2D eigenvalue weighted by molar-refractivity contribution is 7.78. The van der Waals surface area contributed by atoms with Crippen molar-refractivity contribution in [3.63, 3.8) is 0 Å². The van der Waals surface area contributed by atoms with Gasteiger partial charge < -0.3 is 4.57 Å². The van der Waals surface area contributed by atoms with Crippen LogP contribution in [0.5, 0.6) is 0 Å². The van der Waals surface area contributed by atoms with Gasteiger partial charge in [0.2, 0.25) is 0 Å². The number of hydrogen-bond donors (Lipinski definition) is 0. The summed E-state index contributed by atoms with van der Waals surface area (Å²) >= 11 is 4.60. The van der Waals surface area contributed by atoms with E-state index in [-0.39, 0.29) is 17.5 Å². The zero-order valence-corrected chi connectivity index (χ0v) is 11.2. The number of aliphatic imine (C=N–C) groups is 1. The second-order valence-electron chi connectivity index (χ2n) is 5.30. The molecule has 0 aliphatic heterocycles. The number of pyridine rings is 1. The molecule has 1 aromatic heterocycles. The minimum Gasteiger partial charge on any atom is -0.310 e. The maximum absolute atomic E-state index is 12.3. The van der Waals surface area contributed by atoms with Crippen LogP contribution in [0.15, 0.2) is 22.1 Å². The van der Waals surface area contributed by atoms with E-state index in [1.807, 2.05) is 12.3 Å². The SMILES string of the molecule is N#C[C@H]1C[C@@H](n2cc(C3CC3)cc(N=C=S)c2=O)C1. The van der Waals surface area contributed by atoms with Gasteiger partial charge >= 0.3 is 0 Å². The van der Waals surface area contributed by atoms with Gasteiger partial charge in [-0.1, -0.05) is 0 Å². The van der Waals surface area contributed by atoms with E-state index in [1.54, 1.807) is 4.57 Å². The summed E-state index contributed by atoms with van der Waals surface area (Å²) < 4.78 is 1.74. The largest absolute Gasteiger partial charge is 0.310 e. The number of hydrogen-bond acceptors (Lipinski definition) is 4. The molecule has 1 aromatic rings. The lowest BCUT2D eigenvalue weighted by molar-refractivity contribution is 0.242. The Bertz CT molecular complexity index is 656. The van der Waals surface area contributed by atoms with E-state index in [2.05, 4.69) is 28.4 Å². The van der Waals surface area contributed by atoms with E-state index in [1.165, 1.54) is 12.8 Å². The van der Waals surface area contributed by atoms with Crippen LogP contribution in [0, 0.1) is 17.2 Å². The summed E-state index contributed by atoms with van der Waals surface area (Å²) in [6.45, 7) is 0. The second-order valence-corrected chi connectivity index (χ2v) is 5.48. The minimum absolute atomic E-state index is 0.0824. The van der Waals surface area contributed by atoms with Crippen LogP contribution in [0.4, 0.5) is 5.69 Å². The van der Waals surface area contributed by atoms with Gasteiger partial charge in [-0.25, -0.2) is 0 Å². The normalized spacial score (nSPS) is 25.0. The molecule has 96 valence electrons. The summed E-state index contributed by atoms with van der Waals surface area (Å²) in [4.78, 5) is 16.2. The predicted molar refractivity (Wildman–Crippen MR) is 74.7 cm³/mol. The monoisotopic (exact) mass is 271 g/mol. The van der Waals surface area contributed by atoms with Gasteiger partial charge in [0.15, 0.2) is 0 Å². The van der Waals surface area contributed by atoms with Gasteiger partial charge in [-0.05, 0) is 55.4 Å². The molecule has 2 aliphatic rings. The third-order valence-corrected chi connectivity index (χ3v) is 4.04. The number of isothiocyanates is 1. The Balaban J connectivity index is 2.00. The van der Waals surface area contributed by atoms with E-state index >= 15 is 0 Å². The lowest BCUT2D eigenvalue weighted by Crippen LogP contribution is -2.33. The molecule has 0 unspecified atom stereocenters. The zero-order chi connectivity index (χ0) is 13.4. The Labute approximate surface area is 116 Å². The van der Waals surface area contributed by atoms with Crippen molar-refractivity contribution in [3.8, 4) is 6.07 Å². The molecule has 4 nitrogen and oxygen atoms in total. The number of aromatic nitrogens is 1. The third kappa shape index (κ3) is 2.25. The molecule has 0 saturated heterocycles. The lowest BCUT2D eigenvalue weighted by atomic mass is 9.81. The number of nitrogens with zero attached hydrogens (tertiary/aromatic N) is 3. The zero-order valence-electron chi connectivity index (χ0n) is 10.4. The first-order valence-corrected chi connectivity index (χ1v) is 6.87. The molecule has 0 atom stereocenters. The molecule has 0 amide bonds. The number of thiocarbonyl (C=S) groups is 1. The fourth-order valence-corrected chi connectivity index (χ4v) is 2.67. The second kappa shape index (κ2) is 4.73. The molecular formula is C14H13N3OS.